The van der Waals surface area contributed by atoms with Gasteiger partial charge in [-0.15, -0.1) is 0 Å². The summed E-state index contributed by atoms with van der Waals surface area (Å²) >= 11 is 0. The number of carbonyl (C=O) groups is 1. The van der Waals surface area contributed by atoms with Crippen LogP contribution in [0.15, 0.2) is 12.1 Å². The van der Waals surface area contributed by atoms with Crippen molar-refractivity contribution in [2.75, 3.05) is 19.0 Å². The molecule has 0 amide bonds. The zero-order chi connectivity index (χ0) is 13.9. The standard InChI is InChI=1S/C14H21NO3/c1-9-6-12(18-5)10(14(2,3)4)7-11(9)15-8-13(16)17/h6-7,15H,8H2,1-5H3,(H,16,17). The summed E-state index contributed by atoms with van der Waals surface area (Å²) in [7, 11) is 1.65. The van der Waals surface area contributed by atoms with Crippen LogP contribution in [0, 0.1) is 6.92 Å². The molecule has 1 rings (SSSR count). The van der Waals surface area contributed by atoms with Gasteiger partial charge >= 0.3 is 5.97 Å². The van der Waals surface area contributed by atoms with Crippen LogP contribution in [0.4, 0.5) is 5.69 Å². The highest BCUT2D eigenvalue weighted by atomic mass is 16.5. The van der Waals surface area contributed by atoms with Crippen LogP contribution in [0.5, 0.6) is 5.75 Å². The molecule has 0 aliphatic carbocycles. The summed E-state index contributed by atoms with van der Waals surface area (Å²) in [5, 5.41) is 11.6. The van der Waals surface area contributed by atoms with Gasteiger partial charge in [-0.1, -0.05) is 20.8 Å². The lowest BCUT2D eigenvalue weighted by molar-refractivity contribution is -0.134. The third-order valence-corrected chi connectivity index (χ3v) is 2.78. The highest BCUT2D eigenvalue weighted by Gasteiger charge is 2.20. The lowest BCUT2D eigenvalue weighted by Crippen LogP contribution is -2.16. The molecular formula is C14H21NO3. The van der Waals surface area contributed by atoms with E-state index in [1.807, 2.05) is 19.1 Å². The number of hydrogen-bond donors (Lipinski definition) is 2. The average Bonchev–Trinajstić information content (AvgIpc) is 2.25. The zero-order valence-corrected chi connectivity index (χ0v) is 11.6. The number of hydrogen-bond acceptors (Lipinski definition) is 3. The number of methoxy groups -OCH3 is 1. The molecule has 0 heterocycles. The quantitative estimate of drug-likeness (QED) is 0.864. The Labute approximate surface area is 108 Å². The summed E-state index contributed by atoms with van der Waals surface area (Å²) in [6.45, 7) is 8.14. The molecule has 0 aliphatic heterocycles. The van der Waals surface area contributed by atoms with Crippen molar-refractivity contribution in [3.63, 3.8) is 0 Å². The van der Waals surface area contributed by atoms with E-state index < -0.39 is 5.97 Å². The fourth-order valence-corrected chi connectivity index (χ4v) is 1.80. The Morgan fingerprint density at radius 3 is 2.44 bits per heavy atom. The first-order valence-electron chi connectivity index (χ1n) is 5.90. The van der Waals surface area contributed by atoms with Crippen molar-refractivity contribution in [3.05, 3.63) is 23.3 Å². The SMILES string of the molecule is COc1cc(C)c(NCC(=O)O)cc1C(C)(C)C. The van der Waals surface area contributed by atoms with Crippen molar-refractivity contribution in [2.45, 2.75) is 33.1 Å². The van der Waals surface area contributed by atoms with Gasteiger partial charge in [-0.3, -0.25) is 4.79 Å². The van der Waals surface area contributed by atoms with E-state index in [9.17, 15) is 4.79 Å². The van der Waals surface area contributed by atoms with Crippen LogP contribution >= 0.6 is 0 Å². The van der Waals surface area contributed by atoms with E-state index in [-0.39, 0.29) is 12.0 Å². The van der Waals surface area contributed by atoms with Crippen LogP contribution in [-0.4, -0.2) is 24.7 Å². The van der Waals surface area contributed by atoms with Gasteiger partial charge < -0.3 is 15.2 Å². The van der Waals surface area contributed by atoms with Gasteiger partial charge in [0.15, 0.2) is 0 Å². The van der Waals surface area contributed by atoms with Crippen LogP contribution in [0.1, 0.15) is 31.9 Å². The molecule has 0 spiro atoms. The minimum atomic E-state index is -0.873. The van der Waals surface area contributed by atoms with E-state index in [0.717, 1.165) is 22.6 Å². The minimum Gasteiger partial charge on any atom is -0.496 e. The van der Waals surface area contributed by atoms with Crippen molar-refractivity contribution >= 4 is 11.7 Å². The number of ether oxygens (including phenoxy) is 1. The van der Waals surface area contributed by atoms with Crippen molar-refractivity contribution in [2.24, 2.45) is 0 Å². The van der Waals surface area contributed by atoms with Gasteiger partial charge in [0, 0.05) is 11.3 Å². The number of anilines is 1. The molecule has 1 aromatic rings. The van der Waals surface area contributed by atoms with Crippen LogP contribution < -0.4 is 10.1 Å². The van der Waals surface area contributed by atoms with E-state index in [2.05, 4.69) is 26.1 Å². The molecule has 100 valence electrons. The van der Waals surface area contributed by atoms with Gasteiger partial charge in [-0.2, -0.15) is 0 Å². The molecule has 0 atom stereocenters. The van der Waals surface area contributed by atoms with Gasteiger partial charge in [0.2, 0.25) is 0 Å². The third-order valence-electron chi connectivity index (χ3n) is 2.78. The molecule has 0 aromatic heterocycles. The van der Waals surface area contributed by atoms with Crippen molar-refractivity contribution in [1.82, 2.24) is 0 Å². The number of aryl methyl sites for hydroxylation is 1. The first-order valence-corrected chi connectivity index (χ1v) is 5.90. The van der Waals surface area contributed by atoms with Gasteiger partial charge in [0.25, 0.3) is 0 Å². The summed E-state index contributed by atoms with van der Waals surface area (Å²) < 4.78 is 5.39. The predicted octanol–water partition coefficient (Wildman–Crippen LogP) is 2.80. The molecule has 0 radical (unpaired) electrons. The predicted molar refractivity (Wildman–Crippen MR) is 72.6 cm³/mol. The van der Waals surface area contributed by atoms with Crippen LogP contribution in [-0.2, 0) is 10.2 Å². The van der Waals surface area contributed by atoms with Gasteiger partial charge in [-0.05, 0) is 30.0 Å². The van der Waals surface area contributed by atoms with Gasteiger partial charge in [-0.25, -0.2) is 0 Å². The normalized spacial score (nSPS) is 11.2. The molecule has 18 heavy (non-hydrogen) atoms. The Bertz CT molecular complexity index is 447. The molecule has 0 aliphatic rings. The summed E-state index contributed by atoms with van der Waals surface area (Å²) in [5.41, 5.74) is 2.81. The second-order valence-electron chi connectivity index (χ2n) is 5.36. The number of carboxylic acids is 1. The molecule has 4 heteroatoms. The number of aliphatic carboxylic acids is 1. The Morgan fingerprint density at radius 1 is 1.39 bits per heavy atom. The largest absolute Gasteiger partial charge is 0.496 e. The number of nitrogens with one attached hydrogen (secondary N) is 1. The second kappa shape index (κ2) is 5.29. The minimum absolute atomic E-state index is 0.0568. The monoisotopic (exact) mass is 251 g/mol. The smallest absolute Gasteiger partial charge is 0.322 e. The maximum absolute atomic E-state index is 10.6. The first kappa shape index (κ1) is 14.4. The molecule has 4 nitrogen and oxygen atoms in total. The Balaban J connectivity index is 3.17. The number of rotatable bonds is 4. The zero-order valence-electron chi connectivity index (χ0n) is 11.6. The second-order valence-corrected chi connectivity index (χ2v) is 5.36. The molecule has 0 saturated heterocycles. The summed E-state index contributed by atoms with van der Waals surface area (Å²) in [4.78, 5) is 10.6. The maximum atomic E-state index is 10.6. The van der Waals surface area contributed by atoms with Crippen LogP contribution in [0.25, 0.3) is 0 Å². The first-order chi connectivity index (χ1) is 8.25. The third kappa shape index (κ3) is 3.39. The highest BCUT2D eigenvalue weighted by molar-refractivity contribution is 5.73. The van der Waals surface area contributed by atoms with E-state index in [1.165, 1.54) is 0 Å². The molecule has 0 fully saturated rings. The highest BCUT2D eigenvalue weighted by Crippen LogP contribution is 2.35. The van der Waals surface area contributed by atoms with Crippen molar-refractivity contribution < 1.29 is 14.6 Å². The number of benzene rings is 1. The molecular weight excluding hydrogens is 230 g/mol. The van der Waals surface area contributed by atoms with Crippen molar-refractivity contribution in [3.8, 4) is 5.75 Å². The van der Waals surface area contributed by atoms with Gasteiger partial charge in [0.05, 0.1) is 7.11 Å². The fourth-order valence-electron chi connectivity index (χ4n) is 1.80. The van der Waals surface area contributed by atoms with E-state index >= 15 is 0 Å². The van der Waals surface area contributed by atoms with Crippen LogP contribution in [0.2, 0.25) is 0 Å². The molecule has 1 aromatic carbocycles. The maximum Gasteiger partial charge on any atom is 0.322 e. The lowest BCUT2D eigenvalue weighted by Gasteiger charge is -2.24. The Morgan fingerprint density at radius 2 is 2.00 bits per heavy atom. The molecule has 2 N–H and O–H groups in total. The average molecular weight is 251 g/mol. The van der Waals surface area contributed by atoms with E-state index in [4.69, 9.17) is 9.84 Å². The molecule has 0 saturated carbocycles. The van der Waals surface area contributed by atoms with Crippen molar-refractivity contribution in [1.29, 1.82) is 0 Å². The number of carboxylic acid groups (broad SMARTS) is 1. The van der Waals surface area contributed by atoms with Crippen LogP contribution in [0.3, 0.4) is 0 Å². The Hall–Kier alpha value is -1.71. The summed E-state index contributed by atoms with van der Waals surface area (Å²) in [6, 6.07) is 3.90. The fraction of sp³-hybridized carbons (Fsp3) is 0.500. The molecule has 0 unspecified atom stereocenters. The summed E-state index contributed by atoms with van der Waals surface area (Å²) in [6.07, 6.45) is 0. The van der Waals surface area contributed by atoms with Gasteiger partial charge in [0.1, 0.15) is 12.3 Å². The molecule has 0 bridgehead atoms. The Kier molecular flexibility index (Phi) is 4.22. The topological polar surface area (TPSA) is 58.6 Å². The summed E-state index contributed by atoms with van der Waals surface area (Å²) in [5.74, 6) is -0.0385. The van der Waals surface area contributed by atoms with E-state index in [0.29, 0.717) is 0 Å². The van der Waals surface area contributed by atoms with E-state index in [1.54, 1.807) is 7.11 Å². The lowest BCUT2D eigenvalue weighted by atomic mass is 9.85.